The smallest absolute Gasteiger partial charge is 0.335 e. The number of carbonyl (C=O) groups excluding carboxylic acids is 3. The van der Waals surface area contributed by atoms with E-state index in [0.29, 0.717) is 37.2 Å². The first-order chi connectivity index (χ1) is 19.9. The highest BCUT2D eigenvalue weighted by Crippen LogP contribution is 2.48. The number of cyclic esters (lactones) is 1. The van der Waals surface area contributed by atoms with Crippen LogP contribution < -0.4 is 10.6 Å². The van der Waals surface area contributed by atoms with Crippen molar-refractivity contribution in [1.29, 1.82) is 0 Å². The third-order valence-corrected chi connectivity index (χ3v) is 7.50. The zero-order valence-electron chi connectivity index (χ0n) is 23.4. The van der Waals surface area contributed by atoms with Gasteiger partial charge in [0, 0.05) is 42.5 Å². The molecule has 210 valence electrons. The van der Waals surface area contributed by atoms with Crippen LogP contribution in [0.1, 0.15) is 43.4 Å². The lowest BCUT2D eigenvalue weighted by Crippen LogP contribution is -2.46. The van der Waals surface area contributed by atoms with Crippen LogP contribution in [-0.4, -0.2) is 35.9 Å². The van der Waals surface area contributed by atoms with Crippen molar-refractivity contribution in [2.75, 3.05) is 18.4 Å². The Hall–Kier alpha value is -4.65. The van der Waals surface area contributed by atoms with E-state index in [1.807, 2.05) is 84.9 Å². The van der Waals surface area contributed by atoms with E-state index >= 15 is 0 Å². The number of esters is 1. The number of rotatable bonds is 8. The Kier molecular flexibility index (Phi) is 8.34. The van der Waals surface area contributed by atoms with E-state index in [-0.39, 0.29) is 30.4 Å². The number of anilines is 1. The molecule has 3 amide bonds. The molecule has 2 aliphatic heterocycles. The molecule has 0 bridgehead atoms. The maximum absolute atomic E-state index is 13.4. The number of urea groups is 1. The number of carbonyl (C=O) groups is 3. The minimum Gasteiger partial charge on any atom is -0.446 e. The number of amides is 3. The van der Waals surface area contributed by atoms with Gasteiger partial charge in [0.05, 0.1) is 0 Å². The molecule has 0 fully saturated rings. The maximum Gasteiger partial charge on any atom is 0.335 e. The summed E-state index contributed by atoms with van der Waals surface area (Å²) in [6.45, 7) is 5.20. The molecule has 0 aliphatic carbocycles. The van der Waals surface area contributed by atoms with Crippen LogP contribution in [0, 0.1) is 5.92 Å². The van der Waals surface area contributed by atoms with Crippen LogP contribution in [0.5, 0.6) is 0 Å². The fourth-order valence-electron chi connectivity index (χ4n) is 5.60. The first kappa shape index (κ1) is 27.9. The van der Waals surface area contributed by atoms with E-state index in [1.165, 1.54) is 6.08 Å². The molecular formula is C34H35N3O4. The van der Waals surface area contributed by atoms with Crippen LogP contribution in [0.15, 0.2) is 102 Å². The minimum absolute atomic E-state index is 0.229. The minimum atomic E-state index is -0.870. The van der Waals surface area contributed by atoms with Gasteiger partial charge in [0.25, 0.3) is 0 Å². The summed E-state index contributed by atoms with van der Waals surface area (Å²) in [4.78, 5) is 40.7. The van der Waals surface area contributed by atoms with Crippen molar-refractivity contribution >= 4 is 29.7 Å². The predicted molar refractivity (Wildman–Crippen MR) is 160 cm³/mol. The summed E-state index contributed by atoms with van der Waals surface area (Å²) in [5.74, 6) is -0.264. The van der Waals surface area contributed by atoms with Gasteiger partial charge in [-0.1, -0.05) is 92.7 Å². The van der Waals surface area contributed by atoms with Gasteiger partial charge in [0.15, 0.2) is 5.60 Å². The molecule has 0 radical (unpaired) electrons. The fourth-order valence-corrected chi connectivity index (χ4v) is 5.60. The van der Waals surface area contributed by atoms with Crippen molar-refractivity contribution in [3.63, 3.8) is 0 Å². The zero-order chi connectivity index (χ0) is 28.8. The SMILES string of the molecule is CC(C)CC1(c2ccccc2)OC(=O)C2=C1CN(C(=O)NCc1ccccc1NC(=O)C=Cc1ccccc1)CC2. The Balaban J connectivity index is 1.27. The Morgan fingerprint density at radius 3 is 2.39 bits per heavy atom. The van der Waals surface area contributed by atoms with Gasteiger partial charge in [-0.25, -0.2) is 9.59 Å². The quantitative estimate of drug-likeness (QED) is 0.265. The topological polar surface area (TPSA) is 87.7 Å². The molecule has 0 spiro atoms. The number of ether oxygens (including phenoxy) is 1. The van der Waals surface area contributed by atoms with Crippen LogP contribution in [0.2, 0.25) is 0 Å². The van der Waals surface area contributed by atoms with Crippen LogP contribution in [0.4, 0.5) is 10.5 Å². The largest absolute Gasteiger partial charge is 0.446 e. The van der Waals surface area contributed by atoms with Crippen molar-refractivity contribution in [3.8, 4) is 0 Å². The lowest BCUT2D eigenvalue weighted by molar-refractivity contribution is -0.149. The summed E-state index contributed by atoms with van der Waals surface area (Å²) in [6, 6.07) is 26.6. The average Bonchev–Trinajstić information content (AvgIpc) is 3.27. The molecule has 0 saturated heterocycles. The summed E-state index contributed by atoms with van der Waals surface area (Å²) in [7, 11) is 0. The van der Waals surface area contributed by atoms with Crippen LogP contribution in [-0.2, 0) is 26.5 Å². The van der Waals surface area contributed by atoms with Crippen molar-refractivity contribution in [2.24, 2.45) is 5.92 Å². The van der Waals surface area contributed by atoms with E-state index in [1.54, 1.807) is 11.0 Å². The number of hydrogen-bond donors (Lipinski definition) is 2. The number of para-hydroxylation sites is 1. The highest BCUT2D eigenvalue weighted by Gasteiger charge is 2.50. The highest BCUT2D eigenvalue weighted by atomic mass is 16.6. The summed E-state index contributed by atoms with van der Waals surface area (Å²) in [5, 5.41) is 5.92. The van der Waals surface area contributed by atoms with Crippen molar-refractivity contribution in [3.05, 3.63) is 119 Å². The lowest BCUT2D eigenvalue weighted by atomic mass is 9.77. The molecule has 2 N–H and O–H groups in total. The molecule has 1 atom stereocenters. The fraction of sp³-hybridized carbons (Fsp3) is 0.265. The second-order valence-electron chi connectivity index (χ2n) is 10.9. The van der Waals surface area contributed by atoms with Gasteiger partial charge in [-0.15, -0.1) is 0 Å². The second kappa shape index (κ2) is 12.3. The number of nitrogens with one attached hydrogen (secondary N) is 2. The van der Waals surface area contributed by atoms with E-state index in [4.69, 9.17) is 4.74 Å². The van der Waals surface area contributed by atoms with Crippen LogP contribution in [0.25, 0.3) is 6.08 Å². The molecule has 0 aromatic heterocycles. The molecule has 3 aromatic carbocycles. The van der Waals surface area contributed by atoms with Gasteiger partial charge in [-0.3, -0.25) is 4.79 Å². The van der Waals surface area contributed by atoms with Crippen molar-refractivity contribution in [1.82, 2.24) is 10.2 Å². The van der Waals surface area contributed by atoms with E-state index in [9.17, 15) is 14.4 Å². The van der Waals surface area contributed by atoms with Crippen molar-refractivity contribution in [2.45, 2.75) is 38.8 Å². The molecule has 0 saturated carbocycles. The maximum atomic E-state index is 13.4. The van der Waals surface area contributed by atoms with E-state index < -0.39 is 5.60 Å². The summed E-state index contributed by atoms with van der Waals surface area (Å²) < 4.78 is 6.13. The molecule has 2 aliphatic rings. The Morgan fingerprint density at radius 1 is 0.976 bits per heavy atom. The second-order valence-corrected chi connectivity index (χ2v) is 10.9. The summed E-state index contributed by atoms with van der Waals surface area (Å²) in [6.07, 6.45) is 4.34. The van der Waals surface area contributed by atoms with Gasteiger partial charge in [0.1, 0.15) is 0 Å². The molecular weight excluding hydrogens is 514 g/mol. The molecule has 2 heterocycles. The van der Waals surface area contributed by atoms with Gasteiger partial charge in [0.2, 0.25) is 5.91 Å². The third kappa shape index (κ3) is 6.24. The monoisotopic (exact) mass is 549 g/mol. The zero-order valence-corrected chi connectivity index (χ0v) is 23.4. The van der Waals surface area contributed by atoms with Crippen LogP contribution >= 0.6 is 0 Å². The van der Waals surface area contributed by atoms with Crippen molar-refractivity contribution < 1.29 is 19.1 Å². The number of hydrogen-bond acceptors (Lipinski definition) is 4. The molecule has 5 rings (SSSR count). The molecule has 7 heteroatoms. The first-order valence-corrected chi connectivity index (χ1v) is 14.0. The van der Waals surface area contributed by atoms with Gasteiger partial charge < -0.3 is 20.3 Å². The Morgan fingerprint density at radius 2 is 1.66 bits per heavy atom. The Labute approximate surface area is 240 Å². The van der Waals surface area contributed by atoms with Gasteiger partial charge in [-0.2, -0.15) is 0 Å². The van der Waals surface area contributed by atoms with Gasteiger partial charge >= 0.3 is 12.0 Å². The number of benzene rings is 3. The molecule has 7 nitrogen and oxygen atoms in total. The average molecular weight is 550 g/mol. The molecule has 3 aromatic rings. The lowest BCUT2D eigenvalue weighted by Gasteiger charge is -2.37. The third-order valence-electron chi connectivity index (χ3n) is 7.50. The summed E-state index contributed by atoms with van der Waals surface area (Å²) >= 11 is 0. The highest BCUT2D eigenvalue weighted by molar-refractivity contribution is 6.02. The molecule has 1 unspecified atom stereocenters. The summed E-state index contributed by atoms with van der Waals surface area (Å²) in [5.41, 5.74) is 3.98. The Bertz CT molecular complexity index is 1480. The predicted octanol–water partition coefficient (Wildman–Crippen LogP) is 6.05. The molecule has 41 heavy (non-hydrogen) atoms. The van der Waals surface area contributed by atoms with Gasteiger partial charge in [-0.05, 0) is 47.6 Å². The normalized spacial score (nSPS) is 18.4. The van der Waals surface area contributed by atoms with E-state index in [2.05, 4.69) is 24.5 Å². The first-order valence-electron chi connectivity index (χ1n) is 14.0. The number of nitrogens with zero attached hydrogens (tertiary/aromatic N) is 1. The van der Waals surface area contributed by atoms with E-state index in [0.717, 1.165) is 22.3 Å². The standard InChI is InChI=1S/C34H35N3O4/c1-24(2)21-34(27-14-7-4-8-15-27)29-23-37(20-19-28(29)32(39)41-34)33(40)35-22-26-13-9-10-16-30(26)36-31(38)18-17-25-11-5-3-6-12-25/h3-18,24H,19-23H2,1-2H3,(H,35,40)(H,36,38). The van der Waals surface area contributed by atoms with Crippen LogP contribution in [0.3, 0.4) is 0 Å².